The summed E-state index contributed by atoms with van der Waals surface area (Å²) in [6.07, 6.45) is 5.63. The Morgan fingerprint density at radius 1 is 1.53 bits per heavy atom. The first-order valence-electron chi connectivity index (χ1n) is 5.63. The SMILES string of the molecule is CCn1ncc(Cl)c1C1CCCCC1O. The third-order valence-corrected chi connectivity index (χ3v) is 3.50. The molecule has 1 aliphatic rings. The Morgan fingerprint density at radius 2 is 2.27 bits per heavy atom. The molecule has 0 saturated heterocycles. The van der Waals surface area contributed by atoms with E-state index in [1.165, 1.54) is 6.42 Å². The van der Waals surface area contributed by atoms with Crippen LogP contribution >= 0.6 is 11.6 Å². The van der Waals surface area contributed by atoms with Gasteiger partial charge in [-0.05, 0) is 19.8 Å². The van der Waals surface area contributed by atoms with Crippen LogP contribution in [0.25, 0.3) is 0 Å². The Bertz CT molecular complexity index is 337. The van der Waals surface area contributed by atoms with Crippen molar-refractivity contribution >= 4 is 11.6 Å². The monoisotopic (exact) mass is 228 g/mol. The Morgan fingerprint density at radius 3 is 2.93 bits per heavy atom. The maximum atomic E-state index is 9.99. The number of nitrogens with zero attached hydrogens (tertiary/aromatic N) is 2. The van der Waals surface area contributed by atoms with Crippen LogP contribution in [0.2, 0.25) is 5.02 Å². The molecule has 1 aliphatic carbocycles. The van der Waals surface area contributed by atoms with E-state index in [4.69, 9.17) is 11.6 Å². The van der Waals surface area contributed by atoms with Gasteiger partial charge in [0, 0.05) is 12.5 Å². The zero-order chi connectivity index (χ0) is 10.8. The first-order chi connectivity index (χ1) is 7.24. The van der Waals surface area contributed by atoms with Gasteiger partial charge in [-0.3, -0.25) is 4.68 Å². The Balaban J connectivity index is 2.29. The van der Waals surface area contributed by atoms with Crippen molar-refractivity contribution < 1.29 is 5.11 Å². The molecule has 1 fully saturated rings. The van der Waals surface area contributed by atoms with Crippen molar-refractivity contribution in [3.8, 4) is 0 Å². The minimum atomic E-state index is -0.252. The fraction of sp³-hybridized carbons (Fsp3) is 0.727. The second kappa shape index (κ2) is 4.54. The minimum Gasteiger partial charge on any atom is -0.392 e. The number of aliphatic hydroxyl groups excluding tert-OH is 1. The van der Waals surface area contributed by atoms with Crippen LogP contribution < -0.4 is 0 Å². The lowest BCUT2D eigenvalue weighted by Gasteiger charge is -2.28. The van der Waals surface area contributed by atoms with Gasteiger partial charge in [-0.15, -0.1) is 0 Å². The average molecular weight is 229 g/mol. The molecule has 0 radical (unpaired) electrons. The molecule has 0 spiro atoms. The largest absolute Gasteiger partial charge is 0.392 e. The molecule has 0 aromatic carbocycles. The zero-order valence-corrected chi connectivity index (χ0v) is 9.74. The van der Waals surface area contributed by atoms with Crippen LogP contribution in [0.1, 0.15) is 44.2 Å². The molecule has 1 saturated carbocycles. The average Bonchev–Trinajstić information content (AvgIpc) is 2.60. The van der Waals surface area contributed by atoms with Crippen LogP contribution in [0.4, 0.5) is 0 Å². The van der Waals surface area contributed by atoms with Crippen molar-refractivity contribution in [3.63, 3.8) is 0 Å². The Hall–Kier alpha value is -0.540. The normalized spacial score (nSPS) is 26.9. The van der Waals surface area contributed by atoms with E-state index in [1.54, 1.807) is 6.20 Å². The second-order valence-corrected chi connectivity index (χ2v) is 4.56. The number of aromatic nitrogens is 2. The van der Waals surface area contributed by atoms with Gasteiger partial charge >= 0.3 is 0 Å². The topological polar surface area (TPSA) is 38.0 Å². The van der Waals surface area contributed by atoms with Crippen molar-refractivity contribution in [1.29, 1.82) is 0 Å². The van der Waals surface area contributed by atoms with E-state index in [-0.39, 0.29) is 12.0 Å². The lowest BCUT2D eigenvalue weighted by Crippen LogP contribution is -2.25. The first kappa shape index (κ1) is 11.0. The van der Waals surface area contributed by atoms with Gasteiger partial charge in [-0.2, -0.15) is 5.10 Å². The lowest BCUT2D eigenvalue weighted by atomic mass is 9.84. The fourth-order valence-corrected chi connectivity index (χ4v) is 2.70. The summed E-state index contributed by atoms with van der Waals surface area (Å²) in [5, 5.41) is 14.9. The number of aliphatic hydroxyl groups is 1. The minimum absolute atomic E-state index is 0.175. The van der Waals surface area contributed by atoms with Crippen LogP contribution in [-0.4, -0.2) is 21.0 Å². The molecular weight excluding hydrogens is 212 g/mol. The molecule has 0 bridgehead atoms. The predicted molar refractivity (Wildman–Crippen MR) is 60.1 cm³/mol. The summed E-state index contributed by atoms with van der Waals surface area (Å²) < 4.78 is 1.90. The molecule has 1 aromatic rings. The van der Waals surface area contributed by atoms with Gasteiger partial charge in [0.1, 0.15) is 0 Å². The van der Waals surface area contributed by atoms with E-state index < -0.39 is 0 Å². The molecular formula is C11H17ClN2O. The third kappa shape index (κ3) is 2.04. The summed E-state index contributed by atoms with van der Waals surface area (Å²) in [4.78, 5) is 0. The van der Waals surface area contributed by atoms with Crippen LogP contribution in [0, 0.1) is 0 Å². The molecule has 3 nitrogen and oxygen atoms in total. The van der Waals surface area contributed by atoms with Gasteiger partial charge in [-0.1, -0.05) is 24.4 Å². The summed E-state index contributed by atoms with van der Waals surface area (Å²) in [5.74, 6) is 0.175. The van der Waals surface area contributed by atoms with Crippen LogP contribution in [0.5, 0.6) is 0 Å². The first-order valence-corrected chi connectivity index (χ1v) is 6.01. The molecule has 15 heavy (non-hydrogen) atoms. The highest BCUT2D eigenvalue weighted by Crippen LogP contribution is 2.36. The number of hydrogen-bond acceptors (Lipinski definition) is 2. The summed E-state index contributed by atoms with van der Waals surface area (Å²) in [5.41, 5.74) is 1.02. The number of hydrogen-bond donors (Lipinski definition) is 1. The summed E-state index contributed by atoms with van der Waals surface area (Å²) >= 11 is 6.13. The quantitative estimate of drug-likeness (QED) is 0.845. The fourth-order valence-electron chi connectivity index (χ4n) is 2.42. The number of rotatable bonds is 2. The zero-order valence-electron chi connectivity index (χ0n) is 8.99. The van der Waals surface area contributed by atoms with E-state index in [0.717, 1.165) is 31.5 Å². The number of aryl methyl sites for hydroxylation is 1. The van der Waals surface area contributed by atoms with Gasteiger partial charge in [0.25, 0.3) is 0 Å². The van der Waals surface area contributed by atoms with Crippen molar-refractivity contribution in [2.75, 3.05) is 0 Å². The second-order valence-electron chi connectivity index (χ2n) is 4.15. The highest BCUT2D eigenvalue weighted by Gasteiger charge is 2.29. The standard InChI is InChI=1S/C11H17ClN2O/c1-2-14-11(9(12)7-13-14)8-5-3-4-6-10(8)15/h7-8,10,15H,2-6H2,1H3. The van der Waals surface area contributed by atoms with Gasteiger partial charge in [-0.25, -0.2) is 0 Å². The van der Waals surface area contributed by atoms with E-state index >= 15 is 0 Å². The number of halogens is 1. The van der Waals surface area contributed by atoms with Crippen molar-refractivity contribution in [2.24, 2.45) is 0 Å². The molecule has 2 rings (SSSR count). The summed E-state index contributed by atoms with van der Waals surface area (Å²) in [6.45, 7) is 2.85. The molecule has 2 unspecified atom stereocenters. The van der Waals surface area contributed by atoms with Gasteiger partial charge in [0.05, 0.1) is 23.0 Å². The molecule has 1 aromatic heterocycles. The molecule has 4 heteroatoms. The van der Waals surface area contributed by atoms with E-state index in [2.05, 4.69) is 5.10 Å². The van der Waals surface area contributed by atoms with Crippen molar-refractivity contribution in [2.45, 2.75) is 51.2 Å². The van der Waals surface area contributed by atoms with E-state index in [9.17, 15) is 5.11 Å². The lowest BCUT2D eigenvalue weighted by molar-refractivity contribution is 0.102. The molecule has 1 heterocycles. The smallest absolute Gasteiger partial charge is 0.0821 e. The Kier molecular flexibility index (Phi) is 3.32. The van der Waals surface area contributed by atoms with Crippen molar-refractivity contribution in [3.05, 3.63) is 16.9 Å². The summed E-state index contributed by atoms with van der Waals surface area (Å²) in [6, 6.07) is 0. The van der Waals surface area contributed by atoms with Gasteiger partial charge < -0.3 is 5.11 Å². The predicted octanol–water partition coefficient (Wildman–Crippen LogP) is 2.57. The third-order valence-electron chi connectivity index (χ3n) is 3.21. The maximum absolute atomic E-state index is 9.99. The summed E-state index contributed by atoms with van der Waals surface area (Å²) in [7, 11) is 0. The van der Waals surface area contributed by atoms with Gasteiger partial charge in [0.15, 0.2) is 0 Å². The van der Waals surface area contributed by atoms with Crippen LogP contribution in [0.15, 0.2) is 6.20 Å². The molecule has 1 N–H and O–H groups in total. The molecule has 2 atom stereocenters. The highest BCUT2D eigenvalue weighted by atomic mass is 35.5. The van der Waals surface area contributed by atoms with Crippen LogP contribution in [0.3, 0.4) is 0 Å². The van der Waals surface area contributed by atoms with E-state index in [1.807, 2.05) is 11.6 Å². The van der Waals surface area contributed by atoms with Crippen LogP contribution in [-0.2, 0) is 6.54 Å². The molecule has 84 valence electrons. The maximum Gasteiger partial charge on any atom is 0.0821 e. The highest BCUT2D eigenvalue weighted by molar-refractivity contribution is 6.31. The van der Waals surface area contributed by atoms with E-state index in [0.29, 0.717) is 5.02 Å². The van der Waals surface area contributed by atoms with Crippen molar-refractivity contribution in [1.82, 2.24) is 9.78 Å². The van der Waals surface area contributed by atoms with Gasteiger partial charge in [0.2, 0.25) is 0 Å². The molecule has 0 aliphatic heterocycles. The Labute approximate surface area is 95.0 Å². The molecule has 0 amide bonds.